The number of hydrogen-bond acceptors (Lipinski definition) is 2. The molecule has 88 valence electrons. The van der Waals surface area contributed by atoms with Gasteiger partial charge in [0.15, 0.2) is 5.82 Å². The summed E-state index contributed by atoms with van der Waals surface area (Å²) in [7, 11) is 0. The third-order valence-electron chi connectivity index (χ3n) is 2.89. The topological polar surface area (TPSA) is 25.8 Å². The van der Waals surface area contributed by atoms with Gasteiger partial charge in [0.2, 0.25) is 0 Å². The maximum Gasteiger partial charge on any atom is 0.160 e. The molecule has 0 saturated heterocycles. The molecule has 0 fully saturated rings. The van der Waals surface area contributed by atoms with Crippen LogP contribution in [0, 0.1) is 12.7 Å². The van der Waals surface area contributed by atoms with Crippen molar-refractivity contribution in [3.05, 3.63) is 60.0 Å². The fourth-order valence-electron chi connectivity index (χ4n) is 2.03. The number of aryl methyl sites for hydroxylation is 1. The van der Waals surface area contributed by atoms with Gasteiger partial charge in [0.25, 0.3) is 0 Å². The van der Waals surface area contributed by atoms with Crippen LogP contribution < -0.4 is 0 Å². The minimum Gasteiger partial charge on any atom is -0.233 e. The quantitative estimate of drug-likeness (QED) is 0.645. The molecule has 0 radical (unpaired) electrons. The van der Waals surface area contributed by atoms with Gasteiger partial charge < -0.3 is 0 Å². The van der Waals surface area contributed by atoms with Crippen molar-refractivity contribution in [1.82, 2.24) is 9.97 Å². The van der Waals surface area contributed by atoms with Gasteiger partial charge in [0.05, 0.1) is 16.6 Å². The highest BCUT2D eigenvalue weighted by Gasteiger charge is 2.09. The number of benzene rings is 2. The second kappa shape index (κ2) is 4.18. The third kappa shape index (κ3) is 1.74. The van der Waals surface area contributed by atoms with E-state index in [1.165, 1.54) is 6.07 Å². The minimum absolute atomic E-state index is 0.274. The van der Waals surface area contributed by atoms with Crippen LogP contribution in [0.3, 0.4) is 0 Å². The van der Waals surface area contributed by atoms with Gasteiger partial charge in [-0.05, 0) is 19.1 Å². The maximum absolute atomic E-state index is 13.7. The van der Waals surface area contributed by atoms with Crippen LogP contribution in [0.2, 0.25) is 0 Å². The van der Waals surface area contributed by atoms with Gasteiger partial charge in [-0.1, -0.05) is 36.4 Å². The Labute approximate surface area is 104 Å². The average molecular weight is 238 g/mol. The van der Waals surface area contributed by atoms with E-state index in [4.69, 9.17) is 0 Å². The van der Waals surface area contributed by atoms with Crippen LogP contribution in [-0.2, 0) is 0 Å². The monoisotopic (exact) mass is 238 g/mol. The predicted molar refractivity (Wildman–Crippen MR) is 69.7 cm³/mol. The van der Waals surface area contributed by atoms with Gasteiger partial charge in [-0.2, -0.15) is 0 Å². The molecule has 0 amide bonds. The number of rotatable bonds is 1. The number of hydrogen-bond donors (Lipinski definition) is 0. The normalized spacial score (nSPS) is 10.8. The highest BCUT2D eigenvalue weighted by atomic mass is 19.1. The number of fused-ring (bicyclic) bond motifs is 1. The Balaban J connectivity index is 2.29. The van der Waals surface area contributed by atoms with Gasteiger partial charge in [-0.3, -0.25) is 0 Å². The van der Waals surface area contributed by atoms with Crippen molar-refractivity contribution in [3.8, 4) is 11.4 Å². The molecular weight excluding hydrogens is 227 g/mol. The van der Waals surface area contributed by atoms with Gasteiger partial charge in [-0.25, -0.2) is 14.4 Å². The molecule has 0 aliphatic carbocycles. The molecule has 2 nitrogen and oxygen atoms in total. The minimum atomic E-state index is -0.274. The summed E-state index contributed by atoms with van der Waals surface area (Å²) in [6.07, 6.45) is 0. The maximum atomic E-state index is 13.7. The van der Waals surface area contributed by atoms with Gasteiger partial charge in [-0.15, -0.1) is 0 Å². The molecule has 0 bridgehead atoms. The first kappa shape index (κ1) is 10.8. The van der Waals surface area contributed by atoms with E-state index in [-0.39, 0.29) is 5.82 Å². The van der Waals surface area contributed by atoms with E-state index in [1.807, 2.05) is 30.3 Å². The van der Waals surface area contributed by atoms with Crippen molar-refractivity contribution in [2.75, 3.05) is 0 Å². The summed E-state index contributed by atoms with van der Waals surface area (Å²) in [5, 5.41) is 0.497. The predicted octanol–water partition coefficient (Wildman–Crippen LogP) is 3.74. The fourth-order valence-corrected chi connectivity index (χ4v) is 2.03. The molecule has 0 N–H and O–H groups in total. The lowest BCUT2D eigenvalue weighted by Gasteiger charge is -2.06. The molecule has 0 saturated carbocycles. The summed E-state index contributed by atoms with van der Waals surface area (Å²) < 4.78 is 13.7. The van der Waals surface area contributed by atoms with Gasteiger partial charge >= 0.3 is 0 Å². The van der Waals surface area contributed by atoms with Crippen molar-refractivity contribution < 1.29 is 4.39 Å². The molecule has 3 heteroatoms. The standard InChI is InChI=1S/C15H11FN2/c1-10-14-12(16)8-5-9-13(14)18-15(17-10)11-6-3-2-4-7-11/h2-9H,1H3. The lowest BCUT2D eigenvalue weighted by Crippen LogP contribution is -1.95. The van der Waals surface area contributed by atoms with Crippen molar-refractivity contribution in [1.29, 1.82) is 0 Å². The van der Waals surface area contributed by atoms with Crippen LogP contribution in [0.4, 0.5) is 4.39 Å². The zero-order valence-corrected chi connectivity index (χ0v) is 9.89. The molecular formula is C15H11FN2. The van der Waals surface area contributed by atoms with E-state index in [0.717, 1.165) is 5.56 Å². The summed E-state index contributed by atoms with van der Waals surface area (Å²) in [5.41, 5.74) is 2.24. The first-order valence-corrected chi connectivity index (χ1v) is 5.74. The van der Waals surface area contributed by atoms with Gasteiger partial charge in [0.1, 0.15) is 5.82 Å². The molecule has 3 aromatic rings. The first-order chi connectivity index (χ1) is 8.75. The average Bonchev–Trinajstić information content (AvgIpc) is 2.39. The van der Waals surface area contributed by atoms with E-state index < -0.39 is 0 Å². The number of halogens is 1. The Kier molecular flexibility index (Phi) is 2.52. The first-order valence-electron chi connectivity index (χ1n) is 5.74. The Bertz CT molecular complexity index is 708. The molecule has 18 heavy (non-hydrogen) atoms. The Morgan fingerprint density at radius 2 is 1.67 bits per heavy atom. The zero-order chi connectivity index (χ0) is 12.5. The van der Waals surface area contributed by atoms with Crippen LogP contribution in [-0.4, -0.2) is 9.97 Å². The molecule has 0 spiro atoms. The summed E-state index contributed by atoms with van der Waals surface area (Å²) in [4.78, 5) is 8.80. The molecule has 0 aliphatic heterocycles. The van der Waals surface area contributed by atoms with E-state index in [0.29, 0.717) is 22.4 Å². The Morgan fingerprint density at radius 3 is 2.44 bits per heavy atom. The molecule has 0 atom stereocenters. The van der Waals surface area contributed by atoms with E-state index in [9.17, 15) is 4.39 Å². The van der Waals surface area contributed by atoms with Crippen LogP contribution in [0.5, 0.6) is 0 Å². The smallest absolute Gasteiger partial charge is 0.160 e. The largest absolute Gasteiger partial charge is 0.233 e. The van der Waals surface area contributed by atoms with Crippen LogP contribution in [0.25, 0.3) is 22.3 Å². The molecule has 1 aromatic heterocycles. The second-order valence-electron chi connectivity index (χ2n) is 4.13. The molecule has 1 heterocycles. The number of nitrogens with zero attached hydrogens (tertiary/aromatic N) is 2. The summed E-state index contributed by atoms with van der Waals surface area (Å²) >= 11 is 0. The lowest BCUT2D eigenvalue weighted by atomic mass is 10.1. The highest BCUT2D eigenvalue weighted by molar-refractivity contribution is 5.83. The Morgan fingerprint density at radius 1 is 0.889 bits per heavy atom. The van der Waals surface area contributed by atoms with E-state index >= 15 is 0 Å². The van der Waals surface area contributed by atoms with E-state index in [1.54, 1.807) is 19.1 Å². The molecule has 0 aliphatic rings. The summed E-state index contributed by atoms with van der Waals surface area (Å²) in [6, 6.07) is 14.6. The molecule has 0 unspecified atom stereocenters. The number of aromatic nitrogens is 2. The van der Waals surface area contributed by atoms with Crippen LogP contribution in [0.1, 0.15) is 5.69 Å². The highest BCUT2D eigenvalue weighted by Crippen LogP contribution is 2.22. The van der Waals surface area contributed by atoms with Crippen molar-refractivity contribution in [2.24, 2.45) is 0 Å². The molecule has 3 rings (SSSR count). The summed E-state index contributed by atoms with van der Waals surface area (Å²) in [5.74, 6) is 0.357. The zero-order valence-electron chi connectivity index (χ0n) is 9.89. The lowest BCUT2D eigenvalue weighted by molar-refractivity contribution is 0.638. The van der Waals surface area contributed by atoms with Crippen molar-refractivity contribution >= 4 is 10.9 Å². The summed E-state index contributed by atoms with van der Waals surface area (Å²) in [6.45, 7) is 1.81. The second-order valence-corrected chi connectivity index (χ2v) is 4.13. The van der Waals surface area contributed by atoms with Crippen LogP contribution in [0.15, 0.2) is 48.5 Å². The Hall–Kier alpha value is -2.29. The SMILES string of the molecule is Cc1nc(-c2ccccc2)nc2cccc(F)c12. The van der Waals surface area contributed by atoms with Crippen molar-refractivity contribution in [3.63, 3.8) is 0 Å². The van der Waals surface area contributed by atoms with E-state index in [2.05, 4.69) is 9.97 Å². The van der Waals surface area contributed by atoms with Crippen molar-refractivity contribution in [2.45, 2.75) is 6.92 Å². The molecule has 2 aromatic carbocycles. The third-order valence-corrected chi connectivity index (χ3v) is 2.89. The fraction of sp³-hybridized carbons (Fsp3) is 0.0667. The van der Waals surface area contributed by atoms with Crippen LogP contribution >= 0.6 is 0 Å². The van der Waals surface area contributed by atoms with Gasteiger partial charge in [0, 0.05) is 5.56 Å².